The molecule has 0 bridgehead atoms. The molecule has 2 N–H and O–H groups in total. The highest BCUT2D eigenvalue weighted by atomic mass is 127. The monoisotopic (exact) mass is 561 g/mol. The third-order valence-corrected chi connectivity index (χ3v) is 6.23. The van der Waals surface area contributed by atoms with E-state index < -0.39 is 0 Å². The highest BCUT2D eigenvalue weighted by Gasteiger charge is 2.20. The van der Waals surface area contributed by atoms with Crippen molar-refractivity contribution in [2.45, 2.75) is 72.5 Å². The van der Waals surface area contributed by atoms with Crippen LogP contribution in [0.15, 0.2) is 4.99 Å². The minimum absolute atomic E-state index is 0. The van der Waals surface area contributed by atoms with Crippen LogP contribution in [0.25, 0.3) is 0 Å². The van der Waals surface area contributed by atoms with Gasteiger partial charge in [0.1, 0.15) is 22.3 Å². The molecule has 1 unspecified atom stereocenters. The molecule has 0 fully saturated rings. The number of aliphatic imine (C=N–C) groups is 1. The standard InChI is InChI=1S/C20H31N7O2S.HI/c1-5-21-20(22-12-16-26-25-15-10-8-7-9-11-27(15)16)24-14(4)18-23-13(3)17(30-18)19(28)29-6-2;/h14H,5-12H2,1-4H3,(H2,21,22,24);1H. The van der Waals surface area contributed by atoms with Gasteiger partial charge in [-0.1, -0.05) is 6.42 Å². The number of nitrogens with one attached hydrogen (secondary N) is 2. The van der Waals surface area contributed by atoms with Crippen LogP contribution in [0.4, 0.5) is 0 Å². The summed E-state index contributed by atoms with van der Waals surface area (Å²) in [6, 6.07) is -0.106. The summed E-state index contributed by atoms with van der Waals surface area (Å²) in [5.41, 5.74) is 0.690. The van der Waals surface area contributed by atoms with Crippen LogP contribution in [0, 0.1) is 6.92 Å². The van der Waals surface area contributed by atoms with Gasteiger partial charge >= 0.3 is 5.97 Å². The van der Waals surface area contributed by atoms with Crippen LogP contribution in [0.2, 0.25) is 0 Å². The fourth-order valence-electron chi connectivity index (χ4n) is 3.39. The molecule has 31 heavy (non-hydrogen) atoms. The number of hydrogen-bond donors (Lipinski definition) is 2. The van der Waals surface area contributed by atoms with Crippen LogP contribution >= 0.6 is 35.3 Å². The van der Waals surface area contributed by atoms with Crippen LogP contribution in [0.5, 0.6) is 0 Å². The molecule has 0 saturated carbocycles. The van der Waals surface area contributed by atoms with Gasteiger partial charge in [-0.05, 0) is 40.5 Å². The van der Waals surface area contributed by atoms with E-state index in [1.807, 2.05) is 20.8 Å². The molecule has 0 amide bonds. The average molecular weight is 561 g/mol. The molecule has 1 aliphatic rings. The van der Waals surface area contributed by atoms with Crippen molar-refractivity contribution >= 4 is 47.2 Å². The number of guanidine groups is 1. The zero-order valence-electron chi connectivity index (χ0n) is 18.6. The lowest BCUT2D eigenvalue weighted by molar-refractivity contribution is 0.0531. The summed E-state index contributed by atoms with van der Waals surface area (Å²) >= 11 is 1.36. The molecule has 11 heteroatoms. The summed E-state index contributed by atoms with van der Waals surface area (Å²) in [6.07, 6.45) is 4.54. The van der Waals surface area contributed by atoms with Gasteiger partial charge in [0.25, 0.3) is 0 Å². The van der Waals surface area contributed by atoms with E-state index in [-0.39, 0.29) is 36.0 Å². The fraction of sp³-hybridized carbons (Fsp3) is 0.650. The van der Waals surface area contributed by atoms with E-state index in [9.17, 15) is 4.79 Å². The number of carbonyl (C=O) groups is 1. The molecule has 2 aromatic rings. The minimum Gasteiger partial charge on any atom is -0.462 e. The van der Waals surface area contributed by atoms with Crippen molar-refractivity contribution in [3.05, 3.63) is 27.2 Å². The number of esters is 1. The third kappa shape index (κ3) is 6.61. The Morgan fingerprint density at radius 2 is 2.10 bits per heavy atom. The Hall–Kier alpha value is -1.76. The Labute approximate surface area is 204 Å². The van der Waals surface area contributed by atoms with Gasteiger partial charge in [-0.15, -0.1) is 45.5 Å². The van der Waals surface area contributed by atoms with E-state index >= 15 is 0 Å². The Kier molecular flexibility index (Phi) is 10.1. The molecule has 0 spiro atoms. The normalized spacial score (nSPS) is 14.8. The van der Waals surface area contributed by atoms with Gasteiger partial charge in [0.15, 0.2) is 11.8 Å². The molecular weight excluding hydrogens is 529 g/mol. The molecule has 0 aromatic carbocycles. The molecule has 0 saturated heterocycles. The summed E-state index contributed by atoms with van der Waals surface area (Å²) in [6.45, 7) is 10.2. The molecule has 0 aliphatic carbocycles. The molecular formula is C20H32IN7O2S. The summed E-state index contributed by atoms with van der Waals surface area (Å²) in [5, 5.41) is 16.2. The Morgan fingerprint density at radius 3 is 2.84 bits per heavy atom. The van der Waals surface area contributed by atoms with Gasteiger partial charge in [0.05, 0.1) is 18.3 Å². The zero-order valence-corrected chi connectivity index (χ0v) is 21.8. The molecule has 3 heterocycles. The number of halogens is 1. The van der Waals surface area contributed by atoms with Crippen LogP contribution in [-0.4, -0.2) is 44.8 Å². The average Bonchev–Trinajstić information content (AvgIpc) is 3.21. The molecule has 172 valence electrons. The second kappa shape index (κ2) is 12.3. The molecule has 1 atom stereocenters. The SMILES string of the molecule is CCNC(=NCc1nnc2n1CCCCC2)NC(C)c1nc(C)c(C(=O)OCC)s1.I. The van der Waals surface area contributed by atoms with Crippen LogP contribution in [0.1, 0.15) is 78.1 Å². The first-order valence-electron chi connectivity index (χ1n) is 10.6. The van der Waals surface area contributed by atoms with Crippen molar-refractivity contribution in [3.63, 3.8) is 0 Å². The summed E-state index contributed by atoms with van der Waals surface area (Å²) in [5.74, 6) is 2.32. The second-order valence-corrected chi connectivity index (χ2v) is 8.27. The van der Waals surface area contributed by atoms with Crippen LogP contribution in [-0.2, 0) is 24.2 Å². The lowest BCUT2D eigenvalue weighted by Gasteiger charge is -2.16. The van der Waals surface area contributed by atoms with Crippen molar-refractivity contribution in [1.82, 2.24) is 30.4 Å². The van der Waals surface area contributed by atoms with Gasteiger partial charge in [0.2, 0.25) is 0 Å². The number of aromatic nitrogens is 4. The highest BCUT2D eigenvalue weighted by molar-refractivity contribution is 14.0. The summed E-state index contributed by atoms with van der Waals surface area (Å²) in [4.78, 5) is 21.9. The second-order valence-electron chi connectivity index (χ2n) is 7.24. The van der Waals surface area contributed by atoms with E-state index in [2.05, 4.69) is 30.4 Å². The summed E-state index contributed by atoms with van der Waals surface area (Å²) < 4.78 is 7.32. The van der Waals surface area contributed by atoms with Gasteiger partial charge < -0.3 is 19.9 Å². The Bertz CT molecular complexity index is 896. The number of hydrogen-bond acceptors (Lipinski definition) is 7. The van der Waals surface area contributed by atoms with Crippen molar-refractivity contribution in [2.24, 2.45) is 4.99 Å². The lowest BCUT2D eigenvalue weighted by atomic mass is 10.2. The predicted octanol–water partition coefficient (Wildman–Crippen LogP) is 3.38. The molecule has 1 aliphatic heterocycles. The van der Waals surface area contributed by atoms with Crippen molar-refractivity contribution < 1.29 is 9.53 Å². The molecule has 0 radical (unpaired) electrons. The van der Waals surface area contributed by atoms with Crippen molar-refractivity contribution in [2.75, 3.05) is 13.2 Å². The number of nitrogens with zero attached hydrogens (tertiary/aromatic N) is 5. The van der Waals surface area contributed by atoms with Crippen molar-refractivity contribution in [1.29, 1.82) is 0 Å². The topological polar surface area (TPSA) is 106 Å². The number of rotatable bonds is 7. The maximum atomic E-state index is 12.1. The summed E-state index contributed by atoms with van der Waals surface area (Å²) in [7, 11) is 0. The minimum atomic E-state index is -0.320. The first-order valence-corrected chi connectivity index (χ1v) is 11.4. The molecule has 9 nitrogen and oxygen atoms in total. The Morgan fingerprint density at radius 1 is 1.29 bits per heavy atom. The first-order chi connectivity index (χ1) is 14.5. The van der Waals surface area contributed by atoms with E-state index in [0.29, 0.717) is 29.7 Å². The smallest absolute Gasteiger partial charge is 0.350 e. The maximum absolute atomic E-state index is 12.1. The number of ether oxygens (including phenoxy) is 1. The van der Waals surface area contributed by atoms with E-state index in [0.717, 1.165) is 42.6 Å². The van der Waals surface area contributed by atoms with E-state index in [1.165, 1.54) is 24.2 Å². The number of thiazole rings is 1. The van der Waals surface area contributed by atoms with Crippen LogP contribution in [0.3, 0.4) is 0 Å². The number of carbonyl (C=O) groups excluding carboxylic acids is 1. The van der Waals surface area contributed by atoms with Crippen LogP contribution < -0.4 is 10.6 Å². The van der Waals surface area contributed by atoms with Gasteiger partial charge in [-0.25, -0.2) is 14.8 Å². The molecule has 2 aromatic heterocycles. The predicted molar refractivity (Wildman–Crippen MR) is 132 cm³/mol. The fourth-order valence-corrected chi connectivity index (χ4v) is 4.35. The van der Waals surface area contributed by atoms with Gasteiger partial charge in [-0.2, -0.15) is 0 Å². The lowest BCUT2D eigenvalue weighted by Crippen LogP contribution is -2.38. The van der Waals surface area contributed by atoms with E-state index in [4.69, 9.17) is 9.73 Å². The van der Waals surface area contributed by atoms with Gasteiger partial charge in [-0.3, -0.25) is 0 Å². The largest absolute Gasteiger partial charge is 0.462 e. The van der Waals surface area contributed by atoms with E-state index in [1.54, 1.807) is 6.92 Å². The number of aryl methyl sites for hydroxylation is 2. The molecule has 3 rings (SSSR count). The highest BCUT2D eigenvalue weighted by Crippen LogP contribution is 2.24. The maximum Gasteiger partial charge on any atom is 0.350 e. The number of fused-ring (bicyclic) bond motifs is 1. The third-order valence-electron chi connectivity index (χ3n) is 4.91. The zero-order chi connectivity index (χ0) is 21.5. The quantitative estimate of drug-likeness (QED) is 0.231. The van der Waals surface area contributed by atoms with Gasteiger partial charge in [0, 0.05) is 19.5 Å². The van der Waals surface area contributed by atoms with Crippen molar-refractivity contribution in [3.8, 4) is 0 Å². The first kappa shape index (κ1) is 25.5. The Balaban J connectivity index is 0.00000341.